The summed E-state index contributed by atoms with van der Waals surface area (Å²) in [6.07, 6.45) is 9.90. The number of fused-ring (bicyclic) bond motifs is 7. The summed E-state index contributed by atoms with van der Waals surface area (Å²) in [5, 5.41) is 7.33. The van der Waals surface area contributed by atoms with Crippen LogP contribution in [0, 0.1) is 0 Å². The number of thiophene rings is 1. The Morgan fingerprint density at radius 3 is 1.95 bits per heavy atom. The molecule has 0 saturated carbocycles. The summed E-state index contributed by atoms with van der Waals surface area (Å²) in [4.78, 5) is 2.42. The first-order valence-corrected chi connectivity index (χ1v) is 19.8. The molecule has 1 aliphatic rings. The molecule has 0 amide bonds. The Labute approximate surface area is 323 Å². The molecule has 0 saturated heterocycles. The van der Waals surface area contributed by atoms with Gasteiger partial charge in [-0.25, -0.2) is 0 Å². The van der Waals surface area contributed by atoms with E-state index in [0.29, 0.717) is 0 Å². The fourth-order valence-corrected chi connectivity index (χ4v) is 9.68. The predicted octanol–water partition coefficient (Wildman–Crippen LogP) is 15.5. The summed E-state index contributed by atoms with van der Waals surface area (Å²) in [5.41, 5.74) is 11.2. The Morgan fingerprint density at radius 1 is 0.509 bits per heavy atom. The highest BCUT2D eigenvalue weighted by Crippen LogP contribution is 2.46. The normalized spacial score (nSPS) is 14.1. The summed E-state index contributed by atoms with van der Waals surface area (Å²) in [6.45, 7) is 0. The van der Waals surface area contributed by atoms with Gasteiger partial charge in [-0.2, -0.15) is 0 Å². The van der Waals surface area contributed by atoms with Crippen LogP contribution in [0.4, 0.5) is 17.1 Å². The summed E-state index contributed by atoms with van der Waals surface area (Å²) in [5.74, 6) is 0.214. The van der Waals surface area contributed by atoms with Gasteiger partial charge in [0.25, 0.3) is 0 Å². The van der Waals surface area contributed by atoms with E-state index in [1.807, 2.05) is 11.3 Å². The number of anilines is 3. The Morgan fingerprint density at radius 2 is 1.16 bits per heavy atom. The van der Waals surface area contributed by atoms with E-state index in [9.17, 15) is 0 Å². The summed E-state index contributed by atoms with van der Waals surface area (Å²) in [6, 6.07) is 61.8. The van der Waals surface area contributed by atoms with E-state index >= 15 is 0 Å². The first-order chi connectivity index (χ1) is 27.2. The number of allylic oxidation sites excluding steroid dienone is 4. The molecule has 260 valence electrons. The minimum absolute atomic E-state index is 0.214. The van der Waals surface area contributed by atoms with E-state index < -0.39 is 0 Å². The molecule has 55 heavy (non-hydrogen) atoms. The SMILES string of the molecule is C1=CCC(c2cc3c(cc2N(c2ccc(-c4ccccc4)cc2)c2ccc(-c4cccc5c4sc4ccccc45)cc2)oc2cc4ccccc4cc23)C=C1. The minimum Gasteiger partial charge on any atom is -0.456 e. The second-order valence-corrected chi connectivity index (χ2v) is 15.5. The molecule has 2 aromatic heterocycles. The number of hydrogen-bond donors (Lipinski definition) is 0. The average Bonchev–Trinajstić information content (AvgIpc) is 3.81. The van der Waals surface area contributed by atoms with Crippen LogP contribution in [0.3, 0.4) is 0 Å². The Hall–Kier alpha value is -6.68. The summed E-state index contributed by atoms with van der Waals surface area (Å²) in [7, 11) is 0. The van der Waals surface area contributed by atoms with E-state index in [-0.39, 0.29) is 5.92 Å². The summed E-state index contributed by atoms with van der Waals surface area (Å²) >= 11 is 1.88. The van der Waals surface area contributed by atoms with Crippen molar-refractivity contribution < 1.29 is 4.42 Å². The highest BCUT2D eigenvalue weighted by molar-refractivity contribution is 7.26. The molecule has 0 radical (unpaired) electrons. The first kappa shape index (κ1) is 31.8. The van der Waals surface area contributed by atoms with Crippen LogP contribution in [0.5, 0.6) is 0 Å². The topological polar surface area (TPSA) is 16.4 Å². The molecule has 1 unspecified atom stereocenters. The van der Waals surface area contributed by atoms with Crippen LogP contribution in [-0.4, -0.2) is 0 Å². The van der Waals surface area contributed by atoms with E-state index in [0.717, 1.165) is 45.4 Å². The van der Waals surface area contributed by atoms with Crippen LogP contribution in [0.1, 0.15) is 17.9 Å². The van der Waals surface area contributed by atoms with Gasteiger partial charge in [0.2, 0.25) is 0 Å². The molecule has 8 aromatic carbocycles. The van der Waals surface area contributed by atoms with E-state index in [1.165, 1.54) is 58.8 Å². The van der Waals surface area contributed by atoms with Crippen LogP contribution in [0.25, 0.3) is 75.1 Å². The van der Waals surface area contributed by atoms with Crippen LogP contribution in [0.15, 0.2) is 199 Å². The monoisotopic (exact) mass is 721 g/mol. The third-order valence-electron chi connectivity index (χ3n) is 11.2. The van der Waals surface area contributed by atoms with Crippen molar-refractivity contribution in [3.05, 3.63) is 200 Å². The van der Waals surface area contributed by atoms with Crippen LogP contribution in [0.2, 0.25) is 0 Å². The fourth-order valence-electron chi connectivity index (χ4n) is 8.44. The highest BCUT2D eigenvalue weighted by Gasteiger charge is 2.24. The van der Waals surface area contributed by atoms with Gasteiger partial charge >= 0.3 is 0 Å². The van der Waals surface area contributed by atoms with E-state index in [1.54, 1.807) is 0 Å². The van der Waals surface area contributed by atoms with Crippen molar-refractivity contribution in [3.63, 3.8) is 0 Å². The van der Waals surface area contributed by atoms with Gasteiger partial charge in [0.1, 0.15) is 11.2 Å². The number of nitrogens with zero attached hydrogens (tertiary/aromatic N) is 1. The van der Waals surface area contributed by atoms with Crippen molar-refractivity contribution in [2.75, 3.05) is 4.90 Å². The second-order valence-electron chi connectivity index (χ2n) is 14.4. The molecule has 0 aliphatic heterocycles. The first-order valence-electron chi connectivity index (χ1n) is 18.9. The number of hydrogen-bond acceptors (Lipinski definition) is 3. The van der Waals surface area contributed by atoms with Crippen LogP contribution < -0.4 is 4.90 Å². The predicted molar refractivity (Wildman–Crippen MR) is 235 cm³/mol. The standard InChI is InChI=1S/C52H35NOS/c1-3-12-34(13-4-1)35-22-26-40(27-23-35)53(41-28-24-37(25-29-41)42-19-11-20-44-43-18-9-10-21-51(43)55-52(42)44)48-33-50-47(32-45(48)36-14-5-2-6-15-36)46-30-38-16-7-8-17-39(38)31-49(46)54-50/h1-14,16-33,36H,15H2. The zero-order chi connectivity index (χ0) is 36.3. The molecule has 2 heterocycles. The molecule has 3 heteroatoms. The third-order valence-corrected chi connectivity index (χ3v) is 12.4. The Balaban J connectivity index is 1.11. The minimum atomic E-state index is 0.214. The molecular formula is C52H35NOS. The van der Waals surface area contributed by atoms with Crippen molar-refractivity contribution in [1.29, 1.82) is 0 Å². The molecule has 11 rings (SSSR count). The summed E-state index contributed by atoms with van der Waals surface area (Å²) < 4.78 is 9.37. The smallest absolute Gasteiger partial charge is 0.137 e. The average molecular weight is 722 g/mol. The molecule has 0 fully saturated rings. The lowest BCUT2D eigenvalue weighted by Gasteiger charge is -2.30. The number of benzene rings is 8. The lowest BCUT2D eigenvalue weighted by Crippen LogP contribution is -2.14. The van der Waals surface area contributed by atoms with Crippen molar-refractivity contribution in [1.82, 2.24) is 0 Å². The van der Waals surface area contributed by atoms with E-state index in [2.05, 4.69) is 199 Å². The molecule has 0 spiro atoms. The lowest BCUT2D eigenvalue weighted by molar-refractivity contribution is 0.669. The van der Waals surface area contributed by atoms with Gasteiger partial charge in [0, 0.05) is 54.3 Å². The molecule has 0 N–H and O–H groups in total. The third kappa shape index (κ3) is 5.47. The molecule has 10 aromatic rings. The number of rotatable bonds is 6. The van der Waals surface area contributed by atoms with E-state index in [4.69, 9.17) is 4.42 Å². The molecule has 1 atom stereocenters. The Kier molecular flexibility index (Phi) is 7.53. The van der Waals surface area contributed by atoms with Crippen molar-refractivity contribution in [3.8, 4) is 22.3 Å². The molecule has 1 aliphatic carbocycles. The quantitative estimate of drug-likeness (QED) is 0.170. The van der Waals surface area contributed by atoms with Gasteiger partial charge in [-0.05, 0) is 93.5 Å². The molecular weight excluding hydrogens is 687 g/mol. The lowest BCUT2D eigenvalue weighted by atomic mass is 9.89. The maximum Gasteiger partial charge on any atom is 0.137 e. The van der Waals surface area contributed by atoms with Crippen LogP contribution >= 0.6 is 11.3 Å². The Bertz CT molecular complexity index is 3110. The van der Waals surface area contributed by atoms with Gasteiger partial charge in [-0.15, -0.1) is 11.3 Å². The highest BCUT2D eigenvalue weighted by atomic mass is 32.1. The van der Waals surface area contributed by atoms with Gasteiger partial charge in [-0.1, -0.05) is 140 Å². The molecule has 0 bridgehead atoms. The van der Waals surface area contributed by atoms with Gasteiger partial charge in [-0.3, -0.25) is 0 Å². The zero-order valence-corrected chi connectivity index (χ0v) is 30.8. The fraction of sp³-hybridized carbons (Fsp3) is 0.0385. The van der Waals surface area contributed by atoms with Crippen molar-refractivity contribution in [2.45, 2.75) is 12.3 Å². The van der Waals surface area contributed by atoms with Gasteiger partial charge < -0.3 is 9.32 Å². The maximum atomic E-state index is 6.73. The van der Waals surface area contributed by atoms with Crippen molar-refractivity contribution in [2.24, 2.45) is 0 Å². The van der Waals surface area contributed by atoms with Crippen LogP contribution in [-0.2, 0) is 0 Å². The zero-order valence-electron chi connectivity index (χ0n) is 30.0. The molecule has 2 nitrogen and oxygen atoms in total. The van der Waals surface area contributed by atoms with Gasteiger partial charge in [0.15, 0.2) is 0 Å². The van der Waals surface area contributed by atoms with Gasteiger partial charge in [0.05, 0.1) is 5.69 Å². The van der Waals surface area contributed by atoms with Crippen molar-refractivity contribution >= 4 is 81.3 Å². The maximum absolute atomic E-state index is 6.73. The number of furan rings is 1. The second kappa shape index (κ2) is 13.0. The largest absolute Gasteiger partial charge is 0.456 e.